The van der Waals surface area contributed by atoms with Crippen molar-refractivity contribution >= 4 is 17.4 Å². The summed E-state index contributed by atoms with van der Waals surface area (Å²) in [6.45, 7) is 2.79. The summed E-state index contributed by atoms with van der Waals surface area (Å²) in [6.07, 6.45) is 0. The van der Waals surface area contributed by atoms with Gasteiger partial charge < -0.3 is 24.4 Å². The highest BCUT2D eigenvalue weighted by atomic mass is 16.5. The molecule has 0 aromatic heterocycles. The van der Waals surface area contributed by atoms with Gasteiger partial charge in [0.2, 0.25) is 0 Å². The molecule has 1 atom stereocenters. The van der Waals surface area contributed by atoms with E-state index in [1.807, 2.05) is 38.1 Å². The van der Waals surface area contributed by atoms with Gasteiger partial charge in [-0.2, -0.15) is 0 Å². The monoisotopic (exact) mass is 424 g/mol. The topological polar surface area (TPSA) is 79.3 Å². The molecular formula is C24H28N2O5. The summed E-state index contributed by atoms with van der Waals surface area (Å²) in [6, 6.07) is 11.6. The smallest absolute Gasteiger partial charge is 0.295 e. The summed E-state index contributed by atoms with van der Waals surface area (Å²) in [5, 5.41) is 11.1. The molecule has 31 heavy (non-hydrogen) atoms. The van der Waals surface area contributed by atoms with E-state index in [1.165, 1.54) is 4.90 Å². The third-order valence-corrected chi connectivity index (χ3v) is 5.43. The van der Waals surface area contributed by atoms with E-state index in [4.69, 9.17) is 9.47 Å². The van der Waals surface area contributed by atoms with Crippen molar-refractivity contribution < 1.29 is 24.2 Å². The molecule has 1 aliphatic heterocycles. The number of aliphatic hydroxyl groups is 1. The van der Waals surface area contributed by atoms with Crippen LogP contribution in [0.5, 0.6) is 11.5 Å². The Balaban J connectivity index is 2.14. The van der Waals surface area contributed by atoms with Gasteiger partial charge in [-0.1, -0.05) is 12.1 Å². The van der Waals surface area contributed by atoms with Crippen molar-refractivity contribution in [1.29, 1.82) is 0 Å². The average Bonchev–Trinajstić information content (AvgIpc) is 3.01. The van der Waals surface area contributed by atoms with Crippen LogP contribution in [-0.2, 0) is 9.59 Å². The molecule has 1 fully saturated rings. The predicted molar refractivity (Wildman–Crippen MR) is 118 cm³/mol. The number of nitrogens with zero attached hydrogens (tertiary/aromatic N) is 2. The fraction of sp³-hybridized carbons (Fsp3) is 0.333. The van der Waals surface area contributed by atoms with Crippen LogP contribution < -0.4 is 9.47 Å². The number of ether oxygens (including phenoxy) is 2. The van der Waals surface area contributed by atoms with Crippen molar-refractivity contribution in [1.82, 2.24) is 9.80 Å². The quantitative estimate of drug-likeness (QED) is 0.418. The van der Waals surface area contributed by atoms with Gasteiger partial charge in [-0.05, 0) is 62.5 Å². The third-order valence-electron chi connectivity index (χ3n) is 5.43. The second kappa shape index (κ2) is 9.22. The van der Waals surface area contributed by atoms with Crippen molar-refractivity contribution in [3.63, 3.8) is 0 Å². The third kappa shape index (κ3) is 4.41. The van der Waals surface area contributed by atoms with Gasteiger partial charge in [0.1, 0.15) is 17.3 Å². The first-order valence-electron chi connectivity index (χ1n) is 10.0. The Kier molecular flexibility index (Phi) is 6.65. The van der Waals surface area contributed by atoms with Crippen molar-refractivity contribution in [3.05, 3.63) is 64.7 Å². The number of hydrogen-bond donors (Lipinski definition) is 1. The largest absolute Gasteiger partial charge is 0.507 e. The van der Waals surface area contributed by atoms with E-state index in [9.17, 15) is 14.7 Å². The maximum atomic E-state index is 13.0. The predicted octanol–water partition coefficient (Wildman–Crippen LogP) is 3.00. The fourth-order valence-corrected chi connectivity index (χ4v) is 3.73. The van der Waals surface area contributed by atoms with Crippen LogP contribution in [-0.4, -0.2) is 68.0 Å². The summed E-state index contributed by atoms with van der Waals surface area (Å²) in [5.41, 5.74) is 2.08. The normalized spacial score (nSPS) is 18.0. The van der Waals surface area contributed by atoms with E-state index >= 15 is 0 Å². The van der Waals surface area contributed by atoms with Gasteiger partial charge in [0.25, 0.3) is 11.7 Å². The number of carbonyl (C=O) groups excluding carboxylic acids is 2. The number of carbonyl (C=O) groups is 2. The van der Waals surface area contributed by atoms with Gasteiger partial charge in [-0.25, -0.2) is 0 Å². The minimum atomic E-state index is -0.689. The van der Waals surface area contributed by atoms with Crippen LogP contribution in [0.4, 0.5) is 0 Å². The van der Waals surface area contributed by atoms with Gasteiger partial charge >= 0.3 is 0 Å². The molecule has 0 bridgehead atoms. The van der Waals surface area contributed by atoms with E-state index in [-0.39, 0.29) is 11.3 Å². The first kappa shape index (κ1) is 22.4. The van der Waals surface area contributed by atoms with Crippen LogP contribution in [0.15, 0.2) is 48.0 Å². The summed E-state index contributed by atoms with van der Waals surface area (Å²) >= 11 is 0. The first-order valence-corrected chi connectivity index (χ1v) is 10.0. The molecular weight excluding hydrogens is 396 g/mol. The zero-order valence-electron chi connectivity index (χ0n) is 18.5. The molecule has 3 rings (SSSR count). The van der Waals surface area contributed by atoms with E-state index in [1.54, 1.807) is 44.6 Å². The molecule has 164 valence electrons. The van der Waals surface area contributed by atoms with Gasteiger partial charge in [0.05, 0.1) is 25.8 Å². The van der Waals surface area contributed by atoms with Crippen LogP contribution in [0.2, 0.25) is 0 Å². The number of aliphatic hydroxyl groups excluding tert-OH is 1. The van der Waals surface area contributed by atoms with Crippen LogP contribution in [0, 0.1) is 6.92 Å². The lowest BCUT2D eigenvalue weighted by Gasteiger charge is -2.26. The number of benzene rings is 2. The Labute approximate surface area is 182 Å². The molecule has 1 N–H and O–H groups in total. The van der Waals surface area contributed by atoms with Crippen molar-refractivity contribution in [2.24, 2.45) is 0 Å². The van der Waals surface area contributed by atoms with E-state index in [2.05, 4.69) is 0 Å². The van der Waals surface area contributed by atoms with Crippen LogP contribution >= 0.6 is 0 Å². The minimum absolute atomic E-state index is 0.0819. The van der Waals surface area contributed by atoms with Gasteiger partial charge in [0, 0.05) is 18.7 Å². The number of likely N-dealkylation sites (N-methyl/N-ethyl adjacent to an activating group) is 1. The molecule has 0 radical (unpaired) electrons. The summed E-state index contributed by atoms with van der Waals surface area (Å²) < 4.78 is 10.5. The maximum Gasteiger partial charge on any atom is 0.295 e. The second-order valence-corrected chi connectivity index (χ2v) is 7.75. The van der Waals surface area contributed by atoms with E-state index < -0.39 is 17.7 Å². The molecule has 2 aromatic rings. The standard InChI is InChI=1S/C24H28N2O5/c1-15-14-17(8-11-19(15)31-5)22(27)20-21(16-6-9-18(30-4)10-7-16)26(13-12-25(2)3)24(29)23(20)28/h6-11,14,21,27H,12-13H2,1-5H3. The molecule has 7 nitrogen and oxygen atoms in total. The first-order chi connectivity index (χ1) is 14.8. The highest BCUT2D eigenvalue weighted by molar-refractivity contribution is 6.46. The zero-order valence-corrected chi connectivity index (χ0v) is 18.5. The number of rotatable bonds is 7. The lowest BCUT2D eigenvalue weighted by atomic mass is 9.94. The Morgan fingerprint density at radius 2 is 1.74 bits per heavy atom. The molecule has 0 saturated carbocycles. The number of Topliss-reactive ketones (excluding diaryl/α,β-unsaturated/α-hetero) is 1. The van der Waals surface area contributed by atoms with Gasteiger partial charge in [-0.3, -0.25) is 9.59 Å². The van der Waals surface area contributed by atoms with Gasteiger partial charge in [-0.15, -0.1) is 0 Å². The number of aryl methyl sites for hydroxylation is 1. The molecule has 1 heterocycles. The molecule has 1 amide bonds. The van der Waals surface area contributed by atoms with Crippen LogP contribution in [0.1, 0.15) is 22.7 Å². The second-order valence-electron chi connectivity index (χ2n) is 7.75. The number of amides is 1. The number of likely N-dealkylation sites (tertiary alicyclic amines) is 1. The van der Waals surface area contributed by atoms with Gasteiger partial charge in [0.15, 0.2) is 0 Å². The molecule has 2 aromatic carbocycles. The average molecular weight is 424 g/mol. The Morgan fingerprint density at radius 3 is 2.29 bits per heavy atom. The van der Waals surface area contributed by atoms with Crippen molar-refractivity contribution in [3.8, 4) is 11.5 Å². The summed E-state index contributed by atoms with van der Waals surface area (Å²) in [4.78, 5) is 29.4. The Morgan fingerprint density at radius 1 is 1.06 bits per heavy atom. The van der Waals surface area contributed by atoms with Crippen LogP contribution in [0.3, 0.4) is 0 Å². The van der Waals surface area contributed by atoms with Crippen molar-refractivity contribution in [2.45, 2.75) is 13.0 Å². The van der Waals surface area contributed by atoms with Crippen LogP contribution in [0.25, 0.3) is 5.76 Å². The molecule has 1 aliphatic rings. The lowest BCUT2D eigenvalue weighted by Crippen LogP contribution is -2.35. The molecule has 7 heteroatoms. The Hall–Kier alpha value is -3.32. The van der Waals surface area contributed by atoms with E-state index in [0.29, 0.717) is 30.2 Å². The molecule has 0 aliphatic carbocycles. The number of methoxy groups -OCH3 is 2. The molecule has 0 spiro atoms. The SMILES string of the molecule is COc1ccc(C2C(=C(O)c3ccc(OC)c(C)c3)C(=O)C(=O)N2CCN(C)C)cc1. The lowest BCUT2D eigenvalue weighted by molar-refractivity contribution is -0.140. The fourth-order valence-electron chi connectivity index (χ4n) is 3.73. The summed E-state index contributed by atoms with van der Waals surface area (Å²) in [5.74, 6) is -0.160. The highest BCUT2D eigenvalue weighted by Crippen LogP contribution is 2.40. The number of hydrogen-bond acceptors (Lipinski definition) is 6. The molecule has 1 saturated heterocycles. The summed E-state index contributed by atoms with van der Waals surface area (Å²) in [7, 11) is 6.95. The van der Waals surface area contributed by atoms with Crippen molar-refractivity contribution in [2.75, 3.05) is 41.4 Å². The number of ketones is 1. The minimum Gasteiger partial charge on any atom is -0.507 e. The van der Waals surface area contributed by atoms with E-state index in [0.717, 1.165) is 11.1 Å². The highest BCUT2D eigenvalue weighted by Gasteiger charge is 2.45. The zero-order chi connectivity index (χ0) is 22.7. The Bertz CT molecular complexity index is 1010. The molecule has 1 unspecified atom stereocenters. The maximum absolute atomic E-state index is 13.0.